The second-order valence-corrected chi connectivity index (χ2v) is 7.84. The van der Waals surface area contributed by atoms with E-state index in [1.165, 1.54) is 6.21 Å². The molecule has 1 amide bonds. The number of amides is 1. The number of phenolic OH excluding ortho intramolecular Hbond substituents is 1. The molecule has 136 valence electrons. The number of nitrogens with zero attached hydrogens (tertiary/aromatic N) is 1. The molecule has 0 saturated heterocycles. The van der Waals surface area contributed by atoms with Crippen molar-refractivity contribution < 1.29 is 9.90 Å². The minimum Gasteiger partial charge on any atom is -0.506 e. The van der Waals surface area contributed by atoms with Gasteiger partial charge >= 0.3 is 0 Å². The number of anilines is 1. The van der Waals surface area contributed by atoms with Gasteiger partial charge in [-0.1, -0.05) is 55.6 Å². The molecule has 2 N–H and O–H groups in total. The molecule has 0 atom stereocenters. The van der Waals surface area contributed by atoms with Crippen LogP contribution in [0.5, 0.6) is 5.75 Å². The van der Waals surface area contributed by atoms with Crippen molar-refractivity contribution in [2.75, 3.05) is 5.32 Å². The van der Waals surface area contributed by atoms with Crippen LogP contribution in [0, 0.1) is 0 Å². The number of aromatic hydroxyl groups is 1. The van der Waals surface area contributed by atoms with Gasteiger partial charge in [-0.05, 0) is 48.5 Å². The van der Waals surface area contributed by atoms with Crippen LogP contribution in [0.2, 0.25) is 5.02 Å². The Morgan fingerprint density at radius 3 is 2.59 bits per heavy atom. The molecule has 0 aliphatic rings. The SMILES string of the molecule is O=C(Nc1cccc(N=Cc2cc(Br)cc(Cl)c2O)c1)c1cccc(Br)c1. The highest BCUT2D eigenvalue weighted by Crippen LogP contribution is 2.30. The Morgan fingerprint density at radius 2 is 1.81 bits per heavy atom. The Labute approximate surface area is 178 Å². The first-order chi connectivity index (χ1) is 12.9. The van der Waals surface area contributed by atoms with E-state index in [2.05, 4.69) is 42.2 Å². The molecular formula is C20H13Br2ClN2O2. The highest BCUT2D eigenvalue weighted by molar-refractivity contribution is 9.10. The van der Waals surface area contributed by atoms with Gasteiger partial charge in [0.2, 0.25) is 0 Å². The number of hydrogen-bond acceptors (Lipinski definition) is 3. The number of hydrogen-bond donors (Lipinski definition) is 2. The van der Waals surface area contributed by atoms with Crippen molar-refractivity contribution in [1.29, 1.82) is 0 Å². The summed E-state index contributed by atoms with van der Waals surface area (Å²) in [7, 11) is 0. The van der Waals surface area contributed by atoms with Gasteiger partial charge in [0.05, 0.1) is 10.7 Å². The zero-order valence-corrected chi connectivity index (χ0v) is 17.7. The summed E-state index contributed by atoms with van der Waals surface area (Å²) < 4.78 is 1.57. The predicted molar refractivity (Wildman–Crippen MR) is 117 cm³/mol. The summed E-state index contributed by atoms with van der Waals surface area (Å²) in [5, 5.41) is 13.1. The lowest BCUT2D eigenvalue weighted by Gasteiger charge is -2.06. The Hall–Kier alpha value is -2.15. The molecule has 4 nitrogen and oxygen atoms in total. The third kappa shape index (κ3) is 5.19. The van der Waals surface area contributed by atoms with Crippen molar-refractivity contribution in [3.05, 3.63) is 85.8 Å². The van der Waals surface area contributed by atoms with Crippen molar-refractivity contribution in [1.82, 2.24) is 0 Å². The van der Waals surface area contributed by atoms with Crippen molar-refractivity contribution >= 4 is 67.0 Å². The van der Waals surface area contributed by atoms with Crippen LogP contribution < -0.4 is 5.32 Å². The second-order valence-electron chi connectivity index (χ2n) is 5.60. The zero-order chi connectivity index (χ0) is 19.4. The minimum atomic E-state index is -0.214. The summed E-state index contributed by atoms with van der Waals surface area (Å²) in [5.41, 5.74) is 2.27. The fraction of sp³-hybridized carbons (Fsp3) is 0. The van der Waals surface area contributed by atoms with Gasteiger partial charge in [-0.25, -0.2) is 0 Å². The molecule has 0 unspecified atom stereocenters. The Kier molecular flexibility index (Phi) is 6.31. The fourth-order valence-electron chi connectivity index (χ4n) is 2.33. The number of rotatable bonds is 4. The maximum Gasteiger partial charge on any atom is 0.255 e. The Morgan fingerprint density at radius 1 is 1.04 bits per heavy atom. The van der Waals surface area contributed by atoms with Gasteiger partial charge in [0, 0.05) is 32.0 Å². The van der Waals surface area contributed by atoms with E-state index >= 15 is 0 Å². The van der Waals surface area contributed by atoms with Crippen molar-refractivity contribution in [3.8, 4) is 5.75 Å². The van der Waals surface area contributed by atoms with Crippen LogP contribution in [0.3, 0.4) is 0 Å². The summed E-state index contributed by atoms with van der Waals surface area (Å²) in [4.78, 5) is 16.7. The molecule has 0 aliphatic carbocycles. The van der Waals surface area contributed by atoms with E-state index in [9.17, 15) is 9.90 Å². The largest absolute Gasteiger partial charge is 0.506 e. The van der Waals surface area contributed by atoms with Crippen LogP contribution in [-0.4, -0.2) is 17.2 Å². The monoisotopic (exact) mass is 506 g/mol. The summed E-state index contributed by atoms with van der Waals surface area (Å²) in [6.45, 7) is 0. The van der Waals surface area contributed by atoms with Crippen LogP contribution in [-0.2, 0) is 0 Å². The lowest BCUT2D eigenvalue weighted by Crippen LogP contribution is -2.11. The number of carbonyl (C=O) groups excluding carboxylic acids is 1. The van der Waals surface area contributed by atoms with E-state index in [0.29, 0.717) is 22.5 Å². The van der Waals surface area contributed by atoms with Gasteiger partial charge < -0.3 is 10.4 Å². The molecule has 7 heteroatoms. The quantitative estimate of drug-likeness (QED) is 0.392. The molecule has 3 aromatic carbocycles. The molecule has 0 bridgehead atoms. The summed E-state index contributed by atoms with van der Waals surface area (Å²) >= 11 is 12.6. The molecule has 3 rings (SSSR count). The van der Waals surface area contributed by atoms with Gasteiger partial charge in [0.1, 0.15) is 5.75 Å². The molecule has 0 radical (unpaired) electrons. The van der Waals surface area contributed by atoms with Gasteiger partial charge in [0.15, 0.2) is 0 Å². The third-order valence-corrected chi connectivity index (χ3v) is 4.84. The molecule has 0 aliphatic heterocycles. The molecule has 0 fully saturated rings. The highest BCUT2D eigenvalue weighted by Gasteiger charge is 2.08. The molecule has 27 heavy (non-hydrogen) atoms. The number of carbonyl (C=O) groups is 1. The van der Waals surface area contributed by atoms with Crippen LogP contribution in [0.4, 0.5) is 11.4 Å². The van der Waals surface area contributed by atoms with Crippen LogP contribution in [0.25, 0.3) is 0 Å². The number of phenols is 1. The molecule has 0 saturated carbocycles. The molecule has 0 heterocycles. The predicted octanol–water partition coefficient (Wildman–Crippen LogP) is 6.57. The lowest BCUT2D eigenvalue weighted by atomic mass is 10.2. The molecule has 0 aromatic heterocycles. The topological polar surface area (TPSA) is 61.7 Å². The number of nitrogens with one attached hydrogen (secondary N) is 1. The average molecular weight is 509 g/mol. The average Bonchev–Trinajstić information content (AvgIpc) is 2.64. The van der Waals surface area contributed by atoms with Crippen LogP contribution >= 0.6 is 43.5 Å². The van der Waals surface area contributed by atoms with E-state index < -0.39 is 0 Å². The first kappa shape index (κ1) is 19.6. The second kappa shape index (κ2) is 8.69. The first-order valence-corrected chi connectivity index (χ1v) is 9.78. The van der Waals surface area contributed by atoms with Gasteiger partial charge in [-0.2, -0.15) is 0 Å². The fourth-order valence-corrected chi connectivity index (χ4v) is 3.56. The van der Waals surface area contributed by atoms with E-state index in [1.807, 2.05) is 6.07 Å². The van der Waals surface area contributed by atoms with Crippen molar-refractivity contribution in [3.63, 3.8) is 0 Å². The van der Waals surface area contributed by atoms with Crippen molar-refractivity contribution in [2.24, 2.45) is 4.99 Å². The molecular weight excluding hydrogens is 495 g/mol. The zero-order valence-electron chi connectivity index (χ0n) is 13.8. The lowest BCUT2D eigenvalue weighted by molar-refractivity contribution is 0.102. The van der Waals surface area contributed by atoms with E-state index in [4.69, 9.17) is 11.6 Å². The Balaban J connectivity index is 1.79. The maximum atomic E-state index is 12.4. The highest BCUT2D eigenvalue weighted by atomic mass is 79.9. The van der Waals surface area contributed by atoms with Gasteiger partial charge in [0.25, 0.3) is 5.91 Å². The number of aliphatic imine (C=N–C) groups is 1. The van der Waals surface area contributed by atoms with Crippen LogP contribution in [0.1, 0.15) is 15.9 Å². The van der Waals surface area contributed by atoms with E-state index in [-0.39, 0.29) is 16.7 Å². The van der Waals surface area contributed by atoms with Crippen molar-refractivity contribution in [2.45, 2.75) is 0 Å². The summed E-state index contributed by atoms with van der Waals surface area (Å²) in [5.74, 6) is -0.253. The maximum absolute atomic E-state index is 12.4. The van der Waals surface area contributed by atoms with Crippen LogP contribution in [0.15, 0.2) is 74.6 Å². The standard InChI is InChI=1S/C20H13Br2ClN2O2/c21-14-4-1-3-12(7-14)20(27)25-17-6-2-5-16(10-17)24-11-13-8-15(22)9-18(23)19(13)26/h1-11,26H,(H,25,27). The smallest absolute Gasteiger partial charge is 0.255 e. The summed E-state index contributed by atoms with van der Waals surface area (Å²) in [6, 6.07) is 17.6. The molecule has 0 spiro atoms. The summed E-state index contributed by atoms with van der Waals surface area (Å²) in [6.07, 6.45) is 1.52. The Bertz CT molecular complexity index is 1040. The molecule has 3 aromatic rings. The minimum absolute atomic E-state index is 0.0391. The third-order valence-electron chi connectivity index (χ3n) is 3.60. The number of benzene rings is 3. The first-order valence-electron chi connectivity index (χ1n) is 7.81. The number of halogens is 3. The normalized spacial score (nSPS) is 10.9. The van der Waals surface area contributed by atoms with E-state index in [1.54, 1.807) is 54.6 Å². The van der Waals surface area contributed by atoms with Gasteiger partial charge in [-0.3, -0.25) is 9.79 Å². The van der Waals surface area contributed by atoms with E-state index in [0.717, 1.165) is 8.95 Å². The van der Waals surface area contributed by atoms with Gasteiger partial charge in [-0.15, -0.1) is 0 Å².